The number of nitrogens with zero attached hydrogens (tertiary/aromatic N) is 2. The lowest BCUT2D eigenvalue weighted by Gasteiger charge is -1.91. The molecule has 2 heterocycles. The number of hydrogen-bond acceptors (Lipinski definition) is 1. The van der Waals surface area contributed by atoms with Gasteiger partial charge in [0.15, 0.2) is 0 Å². The van der Waals surface area contributed by atoms with Crippen LogP contribution in [0.3, 0.4) is 0 Å². The predicted molar refractivity (Wildman–Crippen MR) is 35.6 cm³/mol. The van der Waals surface area contributed by atoms with Gasteiger partial charge in [0.05, 0.1) is 18.6 Å². The van der Waals surface area contributed by atoms with E-state index in [0.717, 1.165) is 11.4 Å². The van der Waals surface area contributed by atoms with Crippen molar-refractivity contribution in [1.82, 2.24) is 9.55 Å². The zero-order valence-electron chi connectivity index (χ0n) is 5.84. The van der Waals surface area contributed by atoms with Crippen LogP contribution in [0.4, 0.5) is 4.39 Å². The number of halogens is 1. The Morgan fingerprint density at radius 2 is 2.60 bits per heavy atom. The van der Waals surface area contributed by atoms with E-state index >= 15 is 0 Å². The smallest absolute Gasteiger partial charge is 0.123 e. The number of alkyl halides is 1. The van der Waals surface area contributed by atoms with Gasteiger partial charge in [-0.1, -0.05) is 0 Å². The highest BCUT2D eigenvalue weighted by molar-refractivity contribution is 5.15. The second kappa shape index (κ2) is 1.81. The molecule has 0 spiro atoms. The van der Waals surface area contributed by atoms with Gasteiger partial charge in [-0.15, -0.1) is 0 Å². The van der Waals surface area contributed by atoms with Crippen molar-refractivity contribution in [1.29, 1.82) is 0 Å². The van der Waals surface area contributed by atoms with E-state index in [0.29, 0.717) is 13.0 Å². The minimum Gasteiger partial charge on any atom is -0.331 e. The summed E-state index contributed by atoms with van der Waals surface area (Å²) in [4.78, 5) is 4.07. The van der Waals surface area contributed by atoms with E-state index in [1.165, 1.54) is 0 Å². The van der Waals surface area contributed by atoms with E-state index in [9.17, 15) is 4.39 Å². The van der Waals surface area contributed by atoms with Crippen LogP contribution in [0.25, 0.3) is 0 Å². The highest BCUT2D eigenvalue weighted by Crippen LogP contribution is 2.19. The molecule has 0 bridgehead atoms. The van der Waals surface area contributed by atoms with Crippen LogP contribution < -0.4 is 0 Å². The lowest BCUT2D eigenvalue weighted by atomic mass is 10.2. The van der Waals surface area contributed by atoms with Crippen LogP contribution in [0.2, 0.25) is 0 Å². The van der Waals surface area contributed by atoms with E-state index in [4.69, 9.17) is 0 Å². The first-order valence-electron chi connectivity index (χ1n) is 3.42. The summed E-state index contributed by atoms with van der Waals surface area (Å²) in [7, 11) is 0. The largest absolute Gasteiger partial charge is 0.331 e. The Hall–Kier alpha value is -0.860. The van der Waals surface area contributed by atoms with E-state index in [-0.39, 0.29) is 0 Å². The van der Waals surface area contributed by atoms with Gasteiger partial charge >= 0.3 is 0 Å². The van der Waals surface area contributed by atoms with Gasteiger partial charge in [0.1, 0.15) is 6.17 Å². The van der Waals surface area contributed by atoms with E-state index in [1.54, 1.807) is 6.33 Å². The van der Waals surface area contributed by atoms with Crippen LogP contribution in [0.1, 0.15) is 11.4 Å². The predicted octanol–water partition coefficient (Wildman–Crippen LogP) is 1.09. The standard InChI is InChI=1S/C7H9FN2/c1-5-7-2-6(8)3-10(7)4-9-5/h4,6H,2-3H2,1H3. The van der Waals surface area contributed by atoms with Crippen LogP contribution in [-0.4, -0.2) is 15.7 Å². The minimum atomic E-state index is -0.684. The number of aromatic nitrogens is 2. The number of aryl methyl sites for hydroxylation is 1. The molecule has 2 nitrogen and oxygen atoms in total. The van der Waals surface area contributed by atoms with Gasteiger partial charge in [0.25, 0.3) is 0 Å². The van der Waals surface area contributed by atoms with Gasteiger partial charge in [-0.05, 0) is 6.92 Å². The summed E-state index contributed by atoms with van der Waals surface area (Å²) in [6.07, 6.45) is 1.58. The number of fused-ring (bicyclic) bond motifs is 1. The second-order valence-corrected chi connectivity index (χ2v) is 2.73. The molecule has 0 N–H and O–H groups in total. The fourth-order valence-corrected chi connectivity index (χ4v) is 1.42. The first-order chi connectivity index (χ1) is 4.77. The molecule has 10 heavy (non-hydrogen) atoms. The van der Waals surface area contributed by atoms with Crippen molar-refractivity contribution in [3.63, 3.8) is 0 Å². The quantitative estimate of drug-likeness (QED) is 0.527. The first kappa shape index (κ1) is 5.89. The molecule has 2 rings (SSSR count). The van der Waals surface area contributed by atoms with Gasteiger partial charge in [-0.2, -0.15) is 0 Å². The van der Waals surface area contributed by atoms with Crippen LogP contribution in [0, 0.1) is 6.92 Å². The molecule has 1 aliphatic heterocycles. The number of rotatable bonds is 0. The molecule has 54 valence electrons. The van der Waals surface area contributed by atoms with E-state index in [1.807, 2.05) is 11.5 Å². The molecule has 0 saturated heterocycles. The molecule has 1 aromatic rings. The minimum absolute atomic E-state index is 0.496. The Morgan fingerprint density at radius 3 is 3.30 bits per heavy atom. The summed E-state index contributed by atoms with van der Waals surface area (Å²) in [6, 6.07) is 0. The monoisotopic (exact) mass is 140 g/mol. The van der Waals surface area contributed by atoms with Crippen molar-refractivity contribution < 1.29 is 4.39 Å². The van der Waals surface area contributed by atoms with E-state index < -0.39 is 6.17 Å². The Labute approximate surface area is 58.7 Å². The summed E-state index contributed by atoms with van der Waals surface area (Å²) < 4.78 is 14.6. The Morgan fingerprint density at radius 1 is 1.80 bits per heavy atom. The van der Waals surface area contributed by atoms with E-state index in [2.05, 4.69) is 4.98 Å². The molecule has 3 heteroatoms. The van der Waals surface area contributed by atoms with Crippen LogP contribution in [0.5, 0.6) is 0 Å². The molecule has 0 aromatic carbocycles. The molecule has 0 radical (unpaired) electrons. The van der Waals surface area contributed by atoms with Gasteiger partial charge in [-0.25, -0.2) is 9.37 Å². The van der Waals surface area contributed by atoms with Crippen molar-refractivity contribution in [3.05, 3.63) is 17.7 Å². The Bertz CT molecular complexity index is 254. The molecule has 1 aromatic heterocycles. The maximum atomic E-state index is 12.7. The maximum Gasteiger partial charge on any atom is 0.123 e. The second-order valence-electron chi connectivity index (χ2n) is 2.73. The Kier molecular flexibility index (Phi) is 1.07. The van der Waals surface area contributed by atoms with Crippen LogP contribution in [-0.2, 0) is 13.0 Å². The van der Waals surface area contributed by atoms with Crippen molar-refractivity contribution >= 4 is 0 Å². The van der Waals surface area contributed by atoms with Gasteiger partial charge in [0.2, 0.25) is 0 Å². The lowest BCUT2D eigenvalue weighted by Crippen LogP contribution is -2.00. The highest BCUT2D eigenvalue weighted by atomic mass is 19.1. The highest BCUT2D eigenvalue weighted by Gasteiger charge is 2.22. The van der Waals surface area contributed by atoms with Gasteiger partial charge < -0.3 is 4.57 Å². The topological polar surface area (TPSA) is 17.8 Å². The molecule has 1 atom stereocenters. The van der Waals surface area contributed by atoms with Crippen molar-refractivity contribution in [2.75, 3.05) is 0 Å². The lowest BCUT2D eigenvalue weighted by molar-refractivity contribution is 0.328. The zero-order valence-corrected chi connectivity index (χ0v) is 5.84. The Balaban J connectivity index is 2.44. The third-order valence-corrected chi connectivity index (χ3v) is 1.96. The number of imidazole rings is 1. The molecule has 1 aliphatic rings. The summed E-state index contributed by atoms with van der Waals surface area (Å²) in [6.45, 7) is 2.42. The SMILES string of the molecule is Cc1ncn2c1CC(F)C2. The molecular weight excluding hydrogens is 131 g/mol. The normalized spacial score (nSPS) is 23.2. The fraction of sp³-hybridized carbons (Fsp3) is 0.571. The fourth-order valence-electron chi connectivity index (χ4n) is 1.42. The van der Waals surface area contributed by atoms with Gasteiger partial charge in [-0.3, -0.25) is 0 Å². The van der Waals surface area contributed by atoms with Crippen molar-refractivity contribution in [3.8, 4) is 0 Å². The zero-order chi connectivity index (χ0) is 7.14. The third kappa shape index (κ3) is 0.664. The summed E-state index contributed by atoms with van der Waals surface area (Å²) in [5.74, 6) is 0. The molecule has 0 fully saturated rings. The molecule has 0 amide bonds. The summed E-state index contributed by atoms with van der Waals surface area (Å²) >= 11 is 0. The van der Waals surface area contributed by atoms with Crippen molar-refractivity contribution in [2.24, 2.45) is 0 Å². The van der Waals surface area contributed by atoms with Crippen molar-refractivity contribution in [2.45, 2.75) is 26.1 Å². The average molecular weight is 140 g/mol. The summed E-state index contributed by atoms with van der Waals surface area (Å²) in [5.41, 5.74) is 2.03. The molecule has 1 unspecified atom stereocenters. The van der Waals surface area contributed by atoms with Crippen LogP contribution in [0.15, 0.2) is 6.33 Å². The first-order valence-corrected chi connectivity index (χ1v) is 3.42. The number of hydrogen-bond donors (Lipinski definition) is 0. The average Bonchev–Trinajstić information content (AvgIpc) is 2.35. The van der Waals surface area contributed by atoms with Gasteiger partial charge in [0, 0.05) is 12.1 Å². The molecular formula is C7H9FN2. The van der Waals surface area contributed by atoms with Crippen LogP contribution >= 0.6 is 0 Å². The molecule has 0 aliphatic carbocycles. The summed E-state index contributed by atoms with van der Waals surface area (Å²) in [5, 5.41) is 0. The molecule has 0 saturated carbocycles. The third-order valence-electron chi connectivity index (χ3n) is 1.96. The maximum absolute atomic E-state index is 12.7.